The highest BCUT2D eigenvalue weighted by molar-refractivity contribution is 5.77. The minimum Gasteiger partial charge on any atom is -0.294 e. The van der Waals surface area contributed by atoms with Gasteiger partial charge in [0.05, 0.1) is 12.0 Å². The lowest BCUT2D eigenvalue weighted by molar-refractivity contribution is -0.137. The summed E-state index contributed by atoms with van der Waals surface area (Å²) in [6, 6.07) is 11.5. The number of alkyl halides is 3. The van der Waals surface area contributed by atoms with Crippen molar-refractivity contribution in [3.8, 4) is 0 Å². The maximum atomic E-state index is 12.8. The van der Waals surface area contributed by atoms with Crippen LogP contribution in [0.1, 0.15) is 27.8 Å². The molecular weight excluding hydrogens is 317 g/mol. The van der Waals surface area contributed by atoms with E-state index >= 15 is 0 Å². The molecule has 0 aromatic heterocycles. The average molecular weight is 336 g/mol. The van der Waals surface area contributed by atoms with E-state index in [1.807, 2.05) is 24.3 Å². The Hall–Kier alpha value is -2.34. The molecule has 0 unspecified atom stereocenters. The molecule has 0 saturated carbocycles. The van der Waals surface area contributed by atoms with E-state index in [0.29, 0.717) is 24.0 Å². The number of nitrogens with two attached hydrogens (primary N) is 1. The topological polar surface area (TPSA) is 55.1 Å². The van der Waals surface area contributed by atoms with E-state index in [4.69, 9.17) is 5.84 Å². The smallest absolute Gasteiger partial charge is 0.294 e. The Balaban J connectivity index is 2.03. The molecule has 0 heterocycles. The molecule has 0 aliphatic heterocycles. The summed E-state index contributed by atoms with van der Waals surface area (Å²) < 4.78 is 38.5. The van der Waals surface area contributed by atoms with Crippen molar-refractivity contribution >= 4 is 5.91 Å². The van der Waals surface area contributed by atoms with Gasteiger partial charge in [-0.1, -0.05) is 35.9 Å². The van der Waals surface area contributed by atoms with Gasteiger partial charge in [-0.15, -0.1) is 0 Å². The minimum absolute atomic E-state index is 0.198. The van der Waals surface area contributed by atoms with Gasteiger partial charge in [-0.3, -0.25) is 10.2 Å². The molecule has 3 N–H and O–H groups in total. The van der Waals surface area contributed by atoms with E-state index in [9.17, 15) is 18.0 Å². The molecular formula is C18H19F3N2O. The molecule has 0 atom stereocenters. The van der Waals surface area contributed by atoms with Gasteiger partial charge in [0.2, 0.25) is 5.91 Å². The van der Waals surface area contributed by atoms with Crippen LogP contribution in [0.3, 0.4) is 0 Å². The number of halogens is 3. The Morgan fingerprint density at radius 3 is 2.17 bits per heavy atom. The van der Waals surface area contributed by atoms with Gasteiger partial charge < -0.3 is 0 Å². The molecule has 0 saturated heterocycles. The molecule has 0 fully saturated rings. The Labute approximate surface area is 138 Å². The molecule has 0 spiro atoms. The van der Waals surface area contributed by atoms with E-state index in [2.05, 4.69) is 5.43 Å². The van der Waals surface area contributed by atoms with E-state index in [1.54, 1.807) is 13.0 Å². The van der Waals surface area contributed by atoms with Crippen molar-refractivity contribution in [1.29, 1.82) is 0 Å². The highest BCUT2D eigenvalue weighted by Gasteiger charge is 2.30. The molecule has 128 valence electrons. The summed E-state index contributed by atoms with van der Waals surface area (Å²) in [5.74, 6) is 4.76. The van der Waals surface area contributed by atoms with Gasteiger partial charge in [-0.2, -0.15) is 13.2 Å². The summed E-state index contributed by atoms with van der Waals surface area (Å²) in [4.78, 5) is 11.2. The van der Waals surface area contributed by atoms with Gasteiger partial charge in [0.25, 0.3) is 0 Å². The zero-order valence-electron chi connectivity index (χ0n) is 13.3. The van der Waals surface area contributed by atoms with Crippen molar-refractivity contribution in [3.05, 3.63) is 70.3 Å². The number of nitrogens with one attached hydrogen (secondary N) is 1. The molecule has 2 rings (SSSR count). The van der Waals surface area contributed by atoms with Crippen molar-refractivity contribution in [2.45, 2.75) is 32.4 Å². The second kappa shape index (κ2) is 7.49. The molecule has 24 heavy (non-hydrogen) atoms. The van der Waals surface area contributed by atoms with E-state index < -0.39 is 11.7 Å². The van der Waals surface area contributed by atoms with E-state index in [-0.39, 0.29) is 12.3 Å². The van der Waals surface area contributed by atoms with Crippen LogP contribution in [0.2, 0.25) is 0 Å². The maximum Gasteiger partial charge on any atom is 0.416 e. The standard InChI is InChI=1S/C18H19F3N2O/c1-12-8-15(10-16(9-12)18(19,20)21)7-4-13-2-5-14(6-3-13)11-17(24)23-22/h2-3,5-6,8-10H,4,7,11,22H2,1H3,(H,23,24). The molecule has 6 heteroatoms. The average Bonchev–Trinajstić information content (AvgIpc) is 2.53. The molecule has 0 bridgehead atoms. The number of amides is 1. The lowest BCUT2D eigenvalue weighted by Gasteiger charge is -2.11. The zero-order valence-corrected chi connectivity index (χ0v) is 13.3. The largest absolute Gasteiger partial charge is 0.416 e. The number of benzene rings is 2. The first-order valence-corrected chi connectivity index (χ1v) is 7.53. The Morgan fingerprint density at radius 2 is 1.58 bits per heavy atom. The highest BCUT2D eigenvalue weighted by atomic mass is 19.4. The van der Waals surface area contributed by atoms with Crippen LogP contribution < -0.4 is 11.3 Å². The Morgan fingerprint density at radius 1 is 1.00 bits per heavy atom. The van der Waals surface area contributed by atoms with Crippen LogP contribution in [0.15, 0.2) is 42.5 Å². The van der Waals surface area contributed by atoms with Gasteiger partial charge in [0.1, 0.15) is 0 Å². The first-order valence-electron chi connectivity index (χ1n) is 7.53. The number of hydrogen-bond donors (Lipinski definition) is 2. The fraction of sp³-hybridized carbons (Fsp3) is 0.278. The molecule has 1 amide bonds. The van der Waals surface area contributed by atoms with Crippen molar-refractivity contribution < 1.29 is 18.0 Å². The summed E-state index contributed by atoms with van der Waals surface area (Å²) in [6.45, 7) is 1.66. The fourth-order valence-electron chi connectivity index (χ4n) is 2.52. The van der Waals surface area contributed by atoms with Crippen LogP contribution in [0.5, 0.6) is 0 Å². The van der Waals surface area contributed by atoms with Crippen LogP contribution in [0.25, 0.3) is 0 Å². The number of carbonyl (C=O) groups excluding carboxylic acids is 1. The predicted octanol–water partition coefficient (Wildman–Crippen LogP) is 3.33. The lowest BCUT2D eigenvalue weighted by atomic mass is 9.99. The monoisotopic (exact) mass is 336 g/mol. The van der Waals surface area contributed by atoms with Gasteiger partial charge >= 0.3 is 6.18 Å². The molecule has 0 aliphatic carbocycles. The van der Waals surface area contributed by atoms with E-state index in [0.717, 1.165) is 17.2 Å². The highest BCUT2D eigenvalue weighted by Crippen LogP contribution is 2.30. The summed E-state index contributed by atoms with van der Waals surface area (Å²) in [6.07, 6.45) is -2.98. The van der Waals surface area contributed by atoms with Crippen molar-refractivity contribution in [2.24, 2.45) is 5.84 Å². The lowest BCUT2D eigenvalue weighted by Crippen LogP contribution is -2.31. The zero-order chi connectivity index (χ0) is 17.7. The van der Waals surface area contributed by atoms with E-state index in [1.165, 1.54) is 6.07 Å². The molecule has 2 aromatic rings. The quantitative estimate of drug-likeness (QED) is 0.500. The van der Waals surface area contributed by atoms with Crippen LogP contribution in [-0.4, -0.2) is 5.91 Å². The molecule has 0 radical (unpaired) electrons. The minimum atomic E-state index is -4.33. The third kappa shape index (κ3) is 5.09. The van der Waals surface area contributed by atoms with Crippen molar-refractivity contribution in [2.75, 3.05) is 0 Å². The molecule has 3 nitrogen and oxygen atoms in total. The Bertz CT molecular complexity index is 709. The predicted molar refractivity (Wildman–Crippen MR) is 86.1 cm³/mol. The van der Waals surface area contributed by atoms with Gasteiger partial charge in [0.15, 0.2) is 0 Å². The number of rotatable bonds is 5. The summed E-state index contributed by atoms with van der Waals surface area (Å²) in [5, 5.41) is 0. The first-order chi connectivity index (χ1) is 11.3. The van der Waals surface area contributed by atoms with Gasteiger partial charge in [-0.25, -0.2) is 5.84 Å². The van der Waals surface area contributed by atoms with Gasteiger partial charge in [0, 0.05) is 0 Å². The third-order valence-corrected chi connectivity index (χ3v) is 3.72. The van der Waals surface area contributed by atoms with Crippen LogP contribution in [0.4, 0.5) is 13.2 Å². The number of aryl methyl sites for hydroxylation is 3. The number of hydrazine groups is 1. The maximum absolute atomic E-state index is 12.8. The summed E-state index contributed by atoms with van der Waals surface area (Å²) >= 11 is 0. The first kappa shape index (κ1) is 18.0. The molecule has 2 aromatic carbocycles. The number of carbonyl (C=O) groups is 1. The van der Waals surface area contributed by atoms with Crippen LogP contribution in [-0.2, 0) is 30.2 Å². The van der Waals surface area contributed by atoms with Gasteiger partial charge in [-0.05, 0) is 48.6 Å². The van der Waals surface area contributed by atoms with Crippen molar-refractivity contribution in [3.63, 3.8) is 0 Å². The van der Waals surface area contributed by atoms with Crippen LogP contribution in [0, 0.1) is 6.92 Å². The second-order valence-corrected chi connectivity index (χ2v) is 5.77. The normalized spacial score (nSPS) is 11.4. The SMILES string of the molecule is Cc1cc(CCc2ccc(CC(=O)NN)cc2)cc(C(F)(F)F)c1. The third-order valence-electron chi connectivity index (χ3n) is 3.72. The van der Waals surface area contributed by atoms with Crippen LogP contribution >= 0.6 is 0 Å². The van der Waals surface area contributed by atoms with Crippen molar-refractivity contribution in [1.82, 2.24) is 5.43 Å². The summed E-state index contributed by atoms with van der Waals surface area (Å²) in [5.41, 5.74) is 4.55. The second-order valence-electron chi connectivity index (χ2n) is 5.77. The Kier molecular flexibility index (Phi) is 5.62. The summed E-state index contributed by atoms with van der Waals surface area (Å²) in [7, 11) is 0. The fourth-order valence-corrected chi connectivity index (χ4v) is 2.52. The number of hydrogen-bond acceptors (Lipinski definition) is 2. The molecule has 0 aliphatic rings.